The maximum absolute atomic E-state index is 12.4. The molecule has 0 unspecified atom stereocenters. The molecule has 1 amide bonds. The molecule has 0 heterocycles. The number of benzene rings is 1. The van der Waals surface area contributed by atoms with Gasteiger partial charge in [-0.3, -0.25) is 4.79 Å². The van der Waals surface area contributed by atoms with Crippen molar-refractivity contribution in [2.75, 3.05) is 18.4 Å². The summed E-state index contributed by atoms with van der Waals surface area (Å²) in [6, 6.07) is 7.97. The summed E-state index contributed by atoms with van der Waals surface area (Å²) in [5.74, 6) is 1.16. The summed E-state index contributed by atoms with van der Waals surface area (Å²) >= 11 is 0. The Morgan fingerprint density at radius 3 is 2.44 bits per heavy atom. The molecule has 3 N–H and O–H groups in total. The first-order valence-electron chi connectivity index (χ1n) is 9.15. The fourth-order valence-corrected chi connectivity index (χ4v) is 3.04. The highest BCUT2D eigenvalue weighted by Crippen LogP contribution is 2.25. The molecule has 5 nitrogen and oxygen atoms in total. The Labute approximate surface area is 168 Å². The van der Waals surface area contributed by atoms with Crippen molar-refractivity contribution in [2.24, 2.45) is 10.9 Å². The van der Waals surface area contributed by atoms with Crippen LogP contribution >= 0.6 is 24.0 Å². The summed E-state index contributed by atoms with van der Waals surface area (Å²) in [5.41, 5.74) is 1.96. The fourth-order valence-electron chi connectivity index (χ4n) is 3.04. The van der Waals surface area contributed by atoms with Gasteiger partial charge in [0.2, 0.25) is 5.91 Å². The molecule has 0 saturated heterocycles. The van der Waals surface area contributed by atoms with Gasteiger partial charge in [-0.25, -0.2) is 4.99 Å². The first-order chi connectivity index (χ1) is 11.7. The highest BCUT2D eigenvalue weighted by atomic mass is 127. The summed E-state index contributed by atoms with van der Waals surface area (Å²) in [6.45, 7) is 6.36. The molecule has 0 aromatic heterocycles. The molecule has 1 aliphatic carbocycles. The smallest absolute Gasteiger partial charge is 0.227 e. The van der Waals surface area contributed by atoms with E-state index in [9.17, 15) is 4.79 Å². The molecule has 1 fully saturated rings. The maximum Gasteiger partial charge on any atom is 0.227 e. The van der Waals surface area contributed by atoms with Crippen LogP contribution in [-0.4, -0.2) is 25.0 Å². The molecule has 0 bridgehead atoms. The second-order valence-electron chi connectivity index (χ2n) is 6.25. The number of nitrogens with one attached hydrogen (secondary N) is 3. The van der Waals surface area contributed by atoms with Gasteiger partial charge in [0.05, 0.1) is 6.54 Å². The summed E-state index contributed by atoms with van der Waals surface area (Å²) in [7, 11) is 0. The zero-order valence-corrected chi connectivity index (χ0v) is 17.6. The molecule has 1 aliphatic rings. The average Bonchev–Trinajstić information content (AvgIpc) is 2.61. The van der Waals surface area contributed by atoms with Gasteiger partial charge in [0, 0.05) is 24.7 Å². The minimum absolute atomic E-state index is 0. The molecule has 2 rings (SSSR count). The van der Waals surface area contributed by atoms with Crippen molar-refractivity contribution in [1.29, 1.82) is 0 Å². The Balaban J connectivity index is 0.00000312. The lowest BCUT2D eigenvalue weighted by Crippen LogP contribution is -2.36. The van der Waals surface area contributed by atoms with Crippen molar-refractivity contribution in [1.82, 2.24) is 10.6 Å². The molecule has 25 heavy (non-hydrogen) atoms. The van der Waals surface area contributed by atoms with Crippen LogP contribution in [0.3, 0.4) is 0 Å². The molecule has 0 atom stereocenters. The van der Waals surface area contributed by atoms with Crippen molar-refractivity contribution < 1.29 is 4.79 Å². The third-order valence-electron chi connectivity index (χ3n) is 4.28. The minimum atomic E-state index is 0. The number of carbonyl (C=O) groups is 1. The SMILES string of the molecule is CCNC(=NCc1cccc(NC(=O)C2CCCCC2)c1)NCC.I. The number of carbonyl (C=O) groups excluding carboxylic acids is 1. The van der Waals surface area contributed by atoms with Crippen LogP contribution in [0.2, 0.25) is 0 Å². The predicted octanol–water partition coefficient (Wildman–Crippen LogP) is 3.90. The van der Waals surface area contributed by atoms with E-state index in [-0.39, 0.29) is 35.8 Å². The lowest BCUT2D eigenvalue weighted by molar-refractivity contribution is -0.120. The number of nitrogens with zero attached hydrogens (tertiary/aromatic N) is 1. The van der Waals surface area contributed by atoms with Crippen molar-refractivity contribution in [3.05, 3.63) is 29.8 Å². The molecule has 140 valence electrons. The van der Waals surface area contributed by atoms with Crippen LogP contribution in [0.5, 0.6) is 0 Å². The number of hydrogen-bond donors (Lipinski definition) is 3. The number of hydrogen-bond acceptors (Lipinski definition) is 2. The fraction of sp³-hybridized carbons (Fsp3) is 0.579. The van der Waals surface area contributed by atoms with Gasteiger partial charge in [-0.15, -0.1) is 24.0 Å². The van der Waals surface area contributed by atoms with E-state index >= 15 is 0 Å². The maximum atomic E-state index is 12.4. The highest BCUT2D eigenvalue weighted by Gasteiger charge is 2.20. The molecule has 1 saturated carbocycles. The second-order valence-corrected chi connectivity index (χ2v) is 6.25. The number of amides is 1. The molecular formula is C19H31IN4O. The van der Waals surface area contributed by atoms with Gasteiger partial charge in [-0.1, -0.05) is 31.4 Å². The molecule has 0 radical (unpaired) electrons. The van der Waals surface area contributed by atoms with E-state index in [4.69, 9.17) is 0 Å². The van der Waals surface area contributed by atoms with Gasteiger partial charge in [-0.05, 0) is 44.4 Å². The van der Waals surface area contributed by atoms with Crippen molar-refractivity contribution in [2.45, 2.75) is 52.5 Å². The standard InChI is InChI=1S/C19H30N4O.HI/c1-3-20-19(21-4-2)22-14-15-9-8-12-17(13-15)23-18(24)16-10-6-5-7-11-16;/h8-9,12-13,16H,3-7,10-11,14H2,1-2H3,(H,23,24)(H2,20,21,22);1H. The number of guanidine groups is 1. The molecule has 0 spiro atoms. The zero-order valence-electron chi connectivity index (χ0n) is 15.3. The van der Waals surface area contributed by atoms with E-state index < -0.39 is 0 Å². The van der Waals surface area contributed by atoms with E-state index in [0.29, 0.717) is 6.54 Å². The molecule has 1 aromatic carbocycles. The number of anilines is 1. The Hall–Kier alpha value is -1.31. The van der Waals surface area contributed by atoms with Gasteiger partial charge in [0.25, 0.3) is 0 Å². The van der Waals surface area contributed by atoms with Gasteiger partial charge in [0.15, 0.2) is 5.96 Å². The summed E-state index contributed by atoms with van der Waals surface area (Å²) in [6.07, 6.45) is 5.64. The van der Waals surface area contributed by atoms with Crippen molar-refractivity contribution >= 4 is 41.5 Å². The van der Waals surface area contributed by atoms with E-state index in [1.807, 2.05) is 38.1 Å². The molecular weight excluding hydrogens is 427 g/mol. The van der Waals surface area contributed by atoms with Gasteiger partial charge in [0.1, 0.15) is 0 Å². The molecule has 1 aromatic rings. The number of halogens is 1. The summed E-state index contributed by atoms with van der Waals surface area (Å²) < 4.78 is 0. The van der Waals surface area contributed by atoms with Gasteiger partial charge >= 0.3 is 0 Å². The van der Waals surface area contributed by atoms with Crippen LogP contribution in [0.4, 0.5) is 5.69 Å². The number of rotatable bonds is 6. The molecule has 6 heteroatoms. The lowest BCUT2D eigenvalue weighted by Gasteiger charge is -2.20. The third-order valence-corrected chi connectivity index (χ3v) is 4.28. The van der Waals surface area contributed by atoms with Crippen LogP contribution in [0.15, 0.2) is 29.3 Å². The Morgan fingerprint density at radius 1 is 1.12 bits per heavy atom. The molecule has 0 aliphatic heterocycles. The van der Waals surface area contributed by atoms with Crippen LogP contribution in [0.25, 0.3) is 0 Å². The van der Waals surface area contributed by atoms with Crippen LogP contribution in [0, 0.1) is 5.92 Å². The summed E-state index contributed by atoms with van der Waals surface area (Å²) in [5, 5.41) is 9.50. The van der Waals surface area contributed by atoms with Crippen molar-refractivity contribution in [3.63, 3.8) is 0 Å². The van der Waals surface area contributed by atoms with Crippen LogP contribution in [0.1, 0.15) is 51.5 Å². The second kappa shape index (κ2) is 12.1. The largest absolute Gasteiger partial charge is 0.357 e. The van der Waals surface area contributed by atoms with Gasteiger partial charge in [-0.2, -0.15) is 0 Å². The van der Waals surface area contributed by atoms with E-state index in [1.54, 1.807) is 0 Å². The first-order valence-corrected chi connectivity index (χ1v) is 9.15. The summed E-state index contributed by atoms with van der Waals surface area (Å²) in [4.78, 5) is 16.9. The Bertz CT molecular complexity index is 548. The third kappa shape index (κ3) is 7.63. The van der Waals surface area contributed by atoms with Crippen LogP contribution < -0.4 is 16.0 Å². The van der Waals surface area contributed by atoms with E-state index in [0.717, 1.165) is 43.1 Å². The van der Waals surface area contributed by atoms with Crippen molar-refractivity contribution in [3.8, 4) is 0 Å². The normalized spacial score (nSPS) is 14.2. The predicted molar refractivity (Wildman–Crippen MR) is 116 cm³/mol. The zero-order chi connectivity index (χ0) is 17.2. The Morgan fingerprint density at radius 2 is 1.80 bits per heavy atom. The van der Waals surface area contributed by atoms with Gasteiger partial charge < -0.3 is 16.0 Å². The van der Waals surface area contributed by atoms with Crippen LogP contribution in [-0.2, 0) is 11.3 Å². The quantitative estimate of drug-likeness (QED) is 0.344. The van der Waals surface area contributed by atoms with E-state index in [1.165, 1.54) is 19.3 Å². The van der Waals surface area contributed by atoms with E-state index in [2.05, 4.69) is 20.9 Å². The highest BCUT2D eigenvalue weighted by molar-refractivity contribution is 14.0. The minimum Gasteiger partial charge on any atom is -0.357 e. The topological polar surface area (TPSA) is 65.5 Å². The first kappa shape index (κ1) is 21.7. The number of aliphatic imine (C=N–C) groups is 1. The Kier molecular flexibility index (Phi) is 10.5. The average molecular weight is 458 g/mol. The monoisotopic (exact) mass is 458 g/mol. The lowest BCUT2D eigenvalue weighted by atomic mass is 9.88.